The van der Waals surface area contributed by atoms with Crippen molar-refractivity contribution >= 4 is 29.2 Å². The lowest BCUT2D eigenvalue weighted by Gasteiger charge is -2.33. The van der Waals surface area contributed by atoms with Gasteiger partial charge in [0.05, 0.1) is 0 Å². The number of likely N-dealkylation sites (N-methyl/N-ethyl adjacent to an activating group) is 1. The van der Waals surface area contributed by atoms with Gasteiger partial charge >= 0.3 is 6.03 Å². The summed E-state index contributed by atoms with van der Waals surface area (Å²) in [5.41, 5.74) is 1.94. The Hall–Kier alpha value is -2.67. The molecule has 1 unspecified atom stereocenters. The average molecular weight is 383 g/mol. The van der Waals surface area contributed by atoms with E-state index in [-0.39, 0.29) is 18.4 Å². The summed E-state index contributed by atoms with van der Waals surface area (Å²) in [4.78, 5) is 41.0. The van der Waals surface area contributed by atoms with Crippen LogP contribution in [0, 0.1) is 0 Å². The van der Waals surface area contributed by atoms with E-state index in [2.05, 4.69) is 5.32 Å². The van der Waals surface area contributed by atoms with Crippen molar-refractivity contribution in [2.24, 2.45) is 0 Å². The van der Waals surface area contributed by atoms with Crippen LogP contribution in [0.1, 0.15) is 29.5 Å². The van der Waals surface area contributed by atoms with Gasteiger partial charge in [-0.3, -0.25) is 14.5 Å². The molecule has 1 fully saturated rings. The lowest BCUT2D eigenvalue weighted by molar-refractivity contribution is -0.139. The summed E-state index contributed by atoms with van der Waals surface area (Å²) >= 11 is 1.57. The van der Waals surface area contributed by atoms with Gasteiger partial charge in [0, 0.05) is 13.6 Å². The van der Waals surface area contributed by atoms with Crippen molar-refractivity contribution in [1.82, 2.24) is 15.1 Å². The molecule has 1 spiro atoms. The second-order valence-electron chi connectivity index (χ2n) is 7.12. The molecule has 1 atom stereocenters. The van der Waals surface area contributed by atoms with Crippen LogP contribution >= 0.6 is 11.3 Å². The summed E-state index contributed by atoms with van der Waals surface area (Å²) in [7, 11) is 1.68. The highest BCUT2D eigenvalue weighted by atomic mass is 32.1. The number of amides is 4. The van der Waals surface area contributed by atoms with Gasteiger partial charge in [0.1, 0.15) is 12.1 Å². The van der Waals surface area contributed by atoms with Crippen LogP contribution in [-0.2, 0) is 28.1 Å². The Morgan fingerprint density at radius 1 is 1.30 bits per heavy atom. The molecule has 2 aliphatic rings. The number of nitrogens with zero attached hydrogens (tertiary/aromatic N) is 2. The first kappa shape index (κ1) is 17.7. The van der Waals surface area contributed by atoms with E-state index in [0.29, 0.717) is 13.0 Å². The molecule has 1 N–H and O–H groups in total. The molecule has 1 aliphatic carbocycles. The Balaban J connectivity index is 1.53. The predicted octanol–water partition coefficient (Wildman–Crippen LogP) is 2.49. The summed E-state index contributed by atoms with van der Waals surface area (Å²) in [5.74, 6) is -0.581. The maximum atomic E-state index is 13.2. The molecule has 6 nitrogen and oxygen atoms in total. The number of urea groups is 1. The summed E-state index contributed by atoms with van der Waals surface area (Å²) in [5, 5.41) is 6.81. The number of hydrogen-bond acceptors (Lipinski definition) is 4. The van der Waals surface area contributed by atoms with Crippen LogP contribution in [0.25, 0.3) is 0 Å². The number of carbonyl (C=O) groups excluding carboxylic acids is 3. The second-order valence-corrected chi connectivity index (χ2v) is 7.90. The van der Waals surface area contributed by atoms with Gasteiger partial charge in [-0.1, -0.05) is 24.3 Å². The van der Waals surface area contributed by atoms with Gasteiger partial charge in [0.25, 0.3) is 5.91 Å². The molecule has 1 aromatic carbocycles. The highest BCUT2D eigenvalue weighted by molar-refractivity contribution is 7.07. The molecule has 1 aromatic heterocycles. The molecule has 1 aliphatic heterocycles. The minimum atomic E-state index is -1.03. The van der Waals surface area contributed by atoms with E-state index in [1.807, 2.05) is 41.1 Å². The van der Waals surface area contributed by atoms with Crippen molar-refractivity contribution in [2.75, 3.05) is 13.6 Å². The van der Waals surface area contributed by atoms with Gasteiger partial charge < -0.3 is 10.2 Å². The first-order valence-corrected chi connectivity index (χ1v) is 9.93. The third kappa shape index (κ3) is 3.02. The standard InChI is InChI=1S/C20H21N3O3S/c1-22(11-14-8-10-27-13-14)17(24)12-23-18(25)20(21-19(23)26)9-4-6-15-5-2-3-7-16(15)20/h2-3,5,7-8,10,13H,4,6,9,11-12H2,1H3,(H,21,26). The van der Waals surface area contributed by atoms with Gasteiger partial charge in [0.2, 0.25) is 5.91 Å². The van der Waals surface area contributed by atoms with E-state index in [1.54, 1.807) is 23.3 Å². The Morgan fingerprint density at radius 2 is 2.11 bits per heavy atom. The third-order valence-electron chi connectivity index (χ3n) is 5.37. The van der Waals surface area contributed by atoms with Gasteiger partial charge in [0.15, 0.2) is 0 Å². The summed E-state index contributed by atoms with van der Waals surface area (Å²) < 4.78 is 0. The maximum Gasteiger partial charge on any atom is 0.325 e. The van der Waals surface area contributed by atoms with E-state index >= 15 is 0 Å². The molecular formula is C20H21N3O3S. The maximum absolute atomic E-state index is 13.2. The van der Waals surface area contributed by atoms with E-state index in [0.717, 1.165) is 34.4 Å². The predicted molar refractivity (Wildman–Crippen MR) is 102 cm³/mol. The zero-order valence-corrected chi connectivity index (χ0v) is 15.9. The van der Waals surface area contributed by atoms with Crippen molar-refractivity contribution in [2.45, 2.75) is 31.3 Å². The van der Waals surface area contributed by atoms with E-state index < -0.39 is 11.6 Å². The van der Waals surface area contributed by atoms with Crippen LogP contribution < -0.4 is 5.32 Å². The first-order chi connectivity index (χ1) is 13.0. The van der Waals surface area contributed by atoms with Crippen LogP contribution in [0.4, 0.5) is 4.79 Å². The van der Waals surface area contributed by atoms with Crippen LogP contribution in [0.2, 0.25) is 0 Å². The number of benzene rings is 1. The van der Waals surface area contributed by atoms with Crippen molar-refractivity contribution in [1.29, 1.82) is 0 Å². The zero-order valence-electron chi connectivity index (χ0n) is 15.1. The molecular weight excluding hydrogens is 362 g/mol. The number of aryl methyl sites for hydroxylation is 1. The average Bonchev–Trinajstić information content (AvgIpc) is 3.25. The minimum absolute atomic E-state index is 0.241. The van der Waals surface area contributed by atoms with Gasteiger partial charge in [-0.15, -0.1) is 0 Å². The van der Waals surface area contributed by atoms with Gasteiger partial charge in [-0.05, 0) is 52.8 Å². The van der Waals surface area contributed by atoms with Crippen molar-refractivity contribution < 1.29 is 14.4 Å². The fraction of sp³-hybridized carbons (Fsp3) is 0.350. The summed E-state index contributed by atoms with van der Waals surface area (Å²) in [6.45, 7) is 0.217. The van der Waals surface area contributed by atoms with Crippen molar-refractivity contribution in [3.63, 3.8) is 0 Å². The van der Waals surface area contributed by atoms with E-state index in [1.165, 1.54) is 0 Å². The molecule has 2 aromatic rings. The summed E-state index contributed by atoms with van der Waals surface area (Å²) in [6, 6.07) is 9.19. The number of rotatable bonds is 4. The fourth-order valence-corrected chi connectivity index (χ4v) is 4.62. The first-order valence-electron chi connectivity index (χ1n) is 8.99. The Kier molecular flexibility index (Phi) is 4.47. The molecule has 2 heterocycles. The van der Waals surface area contributed by atoms with E-state index in [4.69, 9.17) is 0 Å². The lowest BCUT2D eigenvalue weighted by atomic mass is 9.76. The topological polar surface area (TPSA) is 69.7 Å². The van der Waals surface area contributed by atoms with Crippen LogP contribution in [0.5, 0.6) is 0 Å². The molecule has 4 amide bonds. The van der Waals surface area contributed by atoms with Crippen LogP contribution in [0.3, 0.4) is 0 Å². The number of carbonyl (C=O) groups is 3. The fourth-order valence-electron chi connectivity index (χ4n) is 3.96. The largest absolute Gasteiger partial charge is 0.340 e. The smallest absolute Gasteiger partial charge is 0.325 e. The molecule has 0 saturated carbocycles. The Labute approximate surface area is 161 Å². The Bertz CT molecular complexity index is 896. The van der Waals surface area contributed by atoms with Crippen molar-refractivity contribution in [3.8, 4) is 0 Å². The SMILES string of the molecule is CN(Cc1ccsc1)C(=O)CN1C(=O)NC2(CCCc3ccccc32)C1=O. The van der Waals surface area contributed by atoms with Crippen molar-refractivity contribution in [3.05, 3.63) is 57.8 Å². The van der Waals surface area contributed by atoms with Gasteiger partial charge in [-0.25, -0.2) is 4.79 Å². The van der Waals surface area contributed by atoms with Crippen LogP contribution in [0.15, 0.2) is 41.1 Å². The molecule has 1 saturated heterocycles. The minimum Gasteiger partial charge on any atom is -0.340 e. The highest BCUT2D eigenvalue weighted by Gasteiger charge is 2.54. The number of hydrogen-bond donors (Lipinski definition) is 1. The molecule has 4 rings (SSSR count). The number of nitrogens with one attached hydrogen (secondary N) is 1. The quantitative estimate of drug-likeness (QED) is 0.825. The monoisotopic (exact) mass is 383 g/mol. The molecule has 0 radical (unpaired) electrons. The molecule has 27 heavy (non-hydrogen) atoms. The van der Waals surface area contributed by atoms with Crippen LogP contribution in [-0.4, -0.2) is 41.2 Å². The number of fused-ring (bicyclic) bond motifs is 2. The lowest BCUT2D eigenvalue weighted by Crippen LogP contribution is -2.47. The van der Waals surface area contributed by atoms with E-state index in [9.17, 15) is 14.4 Å². The molecule has 140 valence electrons. The zero-order chi connectivity index (χ0) is 19.0. The van der Waals surface area contributed by atoms with Gasteiger partial charge in [-0.2, -0.15) is 11.3 Å². The second kappa shape index (κ2) is 6.81. The molecule has 0 bridgehead atoms. The summed E-state index contributed by atoms with van der Waals surface area (Å²) in [6.07, 6.45) is 2.27. The third-order valence-corrected chi connectivity index (χ3v) is 6.10. The Morgan fingerprint density at radius 3 is 2.89 bits per heavy atom. The molecule has 7 heteroatoms. The normalized spacial score (nSPS) is 21.3. The number of imide groups is 1. The highest BCUT2D eigenvalue weighted by Crippen LogP contribution is 2.39. The number of thiophene rings is 1.